The van der Waals surface area contributed by atoms with Crippen molar-refractivity contribution >= 4 is 23.4 Å². The average Bonchev–Trinajstić information content (AvgIpc) is 3.39. The zero-order chi connectivity index (χ0) is 29.0. The Kier molecular flexibility index (Phi) is 8.96. The van der Waals surface area contributed by atoms with Gasteiger partial charge in [-0.2, -0.15) is 4.98 Å². The number of amides is 1. The lowest BCUT2D eigenvalue weighted by atomic mass is 9.84. The lowest BCUT2D eigenvalue weighted by molar-refractivity contribution is -0.384. The third kappa shape index (κ3) is 7.09. The molecule has 1 atom stereocenters. The fourth-order valence-corrected chi connectivity index (χ4v) is 5.80. The lowest BCUT2D eigenvalue weighted by Gasteiger charge is -2.38. The number of halogens is 3. The van der Waals surface area contributed by atoms with Crippen LogP contribution in [0.15, 0.2) is 30.5 Å². The highest BCUT2D eigenvalue weighted by Gasteiger charge is 2.36. The van der Waals surface area contributed by atoms with Crippen molar-refractivity contribution in [3.8, 4) is 5.75 Å². The summed E-state index contributed by atoms with van der Waals surface area (Å²) in [5.41, 5.74) is 5.59. The first-order valence-corrected chi connectivity index (χ1v) is 13.3. The predicted molar refractivity (Wildman–Crippen MR) is 142 cm³/mol. The Morgan fingerprint density at radius 1 is 1.18 bits per heavy atom. The number of hydrogen-bond donors (Lipinski definition) is 1. The number of para-hydroxylation sites is 1. The summed E-state index contributed by atoms with van der Waals surface area (Å²) >= 11 is 0. The largest absolute Gasteiger partial charge is 0.573 e. The number of nitrogens with zero attached hydrogens (tertiary/aromatic N) is 6. The minimum absolute atomic E-state index is 0.0139. The fourth-order valence-electron chi connectivity index (χ4n) is 5.80. The van der Waals surface area contributed by atoms with E-state index in [9.17, 15) is 28.1 Å². The van der Waals surface area contributed by atoms with E-state index in [4.69, 9.17) is 5.73 Å². The Morgan fingerprint density at radius 3 is 2.52 bits per heavy atom. The molecular formula is C26H34F3N7O4. The van der Waals surface area contributed by atoms with E-state index < -0.39 is 11.3 Å². The quantitative estimate of drug-likeness (QED) is 0.337. The number of hydrogen-bond acceptors (Lipinski definition) is 9. The third-order valence-electron chi connectivity index (χ3n) is 7.68. The summed E-state index contributed by atoms with van der Waals surface area (Å²) in [7, 11) is 3.33. The highest BCUT2D eigenvalue weighted by molar-refractivity contribution is 5.80. The number of likely N-dealkylation sites (tertiary alicyclic amines) is 1. The van der Waals surface area contributed by atoms with Crippen LogP contribution in [0.5, 0.6) is 5.75 Å². The van der Waals surface area contributed by atoms with E-state index in [0.29, 0.717) is 12.6 Å². The second kappa shape index (κ2) is 12.2. The van der Waals surface area contributed by atoms with Crippen molar-refractivity contribution in [3.63, 3.8) is 0 Å². The summed E-state index contributed by atoms with van der Waals surface area (Å²) in [5, 5.41) is 11.8. The van der Waals surface area contributed by atoms with Gasteiger partial charge in [-0.1, -0.05) is 18.2 Å². The summed E-state index contributed by atoms with van der Waals surface area (Å²) in [6, 6.07) is 5.86. The third-order valence-corrected chi connectivity index (χ3v) is 7.68. The van der Waals surface area contributed by atoms with Crippen LogP contribution in [0.1, 0.15) is 44.1 Å². The van der Waals surface area contributed by atoms with Crippen LogP contribution in [0.3, 0.4) is 0 Å². The number of nitrogens with two attached hydrogens (primary N) is 1. The van der Waals surface area contributed by atoms with E-state index in [1.165, 1.54) is 23.1 Å². The van der Waals surface area contributed by atoms with Gasteiger partial charge in [0, 0.05) is 38.8 Å². The molecule has 0 bridgehead atoms. The topological polar surface area (TPSA) is 131 Å². The molecule has 1 aromatic carbocycles. The van der Waals surface area contributed by atoms with Crippen LogP contribution in [0.4, 0.5) is 30.6 Å². The first-order chi connectivity index (χ1) is 18.9. The van der Waals surface area contributed by atoms with Crippen molar-refractivity contribution in [2.75, 3.05) is 37.0 Å². The summed E-state index contributed by atoms with van der Waals surface area (Å²) in [5.74, 6) is -0.0694. The molecule has 0 spiro atoms. The maximum atomic E-state index is 12.8. The van der Waals surface area contributed by atoms with Crippen LogP contribution in [-0.2, 0) is 11.3 Å². The van der Waals surface area contributed by atoms with E-state index in [1.54, 1.807) is 25.1 Å². The van der Waals surface area contributed by atoms with E-state index in [2.05, 4.69) is 19.6 Å². The van der Waals surface area contributed by atoms with E-state index in [-0.39, 0.29) is 53.2 Å². The number of carbonyl (C=O) groups is 1. The summed E-state index contributed by atoms with van der Waals surface area (Å²) in [6.45, 7) is 1.40. The van der Waals surface area contributed by atoms with Gasteiger partial charge in [-0.15, -0.1) is 13.2 Å². The molecule has 2 aliphatic rings. The second-order valence-electron chi connectivity index (χ2n) is 10.5. The zero-order valence-corrected chi connectivity index (χ0v) is 22.5. The molecule has 218 valence electrons. The normalized spacial score (nSPS) is 21.7. The molecule has 2 aromatic rings. The molecule has 1 aliphatic carbocycles. The Balaban J connectivity index is 1.44. The van der Waals surface area contributed by atoms with Gasteiger partial charge in [0.25, 0.3) is 0 Å². The number of anilines is 2. The van der Waals surface area contributed by atoms with Crippen molar-refractivity contribution in [2.45, 2.75) is 63.5 Å². The van der Waals surface area contributed by atoms with Crippen LogP contribution < -0.4 is 20.3 Å². The summed E-state index contributed by atoms with van der Waals surface area (Å²) in [4.78, 5) is 37.1. The number of rotatable bonds is 10. The molecular weight excluding hydrogens is 531 g/mol. The molecule has 1 aliphatic heterocycles. The summed E-state index contributed by atoms with van der Waals surface area (Å²) < 4.78 is 42.6. The number of benzene rings is 1. The molecule has 0 radical (unpaired) electrons. The molecule has 0 unspecified atom stereocenters. The number of carbonyl (C=O) groups excluding carboxylic acids is 1. The molecule has 2 heterocycles. The van der Waals surface area contributed by atoms with Crippen LogP contribution in [0.25, 0.3) is 0 Å². The average molecular weight is 566 g/mol. The van der Waals surface area contributed by atoms with E-state index >= 15 is 0 Å². The number of alkyl halides is 3. The summed E-state index contributed by atoms with van der Waals surface area (Å²) in [6.07, 6.45) is 1.68. The SMILES string of the molecule is CN(Cc1ccccc1OC(F)(F)F)c1ncc([N+](=O)[O-])c(N(C)CC2CCC(N3CCC[C@H]3C(N)=O)CC2)n1. The lowest BCUT2D eigenvalue weighted by Crippen LogP contribution is -2.47. The van der Waals surface area contributed by atoms with Gasteiger partial charge in [-0.3, -0.25) is 19.8 Å². The van der Waals surface area contributed by atoms with Gasteiger partial charge in [0.1, 0.15) is 11.9 Å². The van der Waals surface area contributed by atoms with Gasteiger partial charge in [-0.25, -0.2) is 4.98 Å². The van der Waals surface area contributed by atoms with Gasteiger partial charge in [-0.05, 0) is 57.1 Å². The molecule has 40 heavy (non-hydrogen) atoms. The molecule has 1 amide bonds. The Labute approximate surface area is 230 Å². The van der Waals surface area contributed by atoms with Crippen molar-refractivity contribution < 1.29 is 27.6 Å². The second-order valence-corrected chi connectivity index (χ2v) is 10.5. The van der Waals surface area contributed by atoms with E-state index in [0.717, 1.165) is 51.3 Å². The Morgan fingerprint density at radius 2 is 1.88 bits per heavy atom. The van der Waals surface area contributed by atoms with Crippen molar-refractivity contribution in [3.05, 3.63) is 46.1 Å². The molecule has 1 aromatic heterocycles. The van der Waals surface area contributed by atoms with E-state index in [1.807, 2.05) is 0 Å². The molecule has 2 N–H and O–H groups in total. The molecule has 1 saturated heterocycles. The number of ether oxygens (including phenoxy) is 1. The van der Waals surface area contributed by atoms with Crippen LogP contribution >= 0.6 is 0 Å². The maximum absolute atomic E-state index is 12.8. The fraction of sp³-hybridized carbons (Fsp3) is 0.577. The molecule has 4 rings (SSSR count). The zero-order valence-electron chi connectivity index (χ0n) is 22.5. The van der Waals surface area contributed by atoms with Gasteiger partial charge < -0.3 is 20.3 Å². The van der Waals surface area contributed by atoms with Crippen molar-refractivity contribution in [2.24, 2.45) is 11.7 Å². The molecule has 11 nitrogen and oxygen atoms in total. The first kappa shape index (κ1) is 29.3. The van der Waals surface area contributed by atoms with Crippen molar-refractivity contribution in [1.82, 2.24) is 14.9 Å². The number of primary amides is 1. The molecule has 1 saturated carbocycles. The molecule has 2 fully saturated rings. The Hall–Kier alpha value is -3.68. The monoisotopic (exact) mass is 565 g/mol. The van der Waals surface area contributed by atoms with Crippen LogP contribution in [0, 0.1) is 16.0 Å². The van der Waals surface area contributed by atoms with Gasteiger partial charge in [0.15, 0.2) is 0 Å². The Bertz CT molecular complexity index is 1210. The van der Waals surface area contributed by atoms with Gasteiger partial charge in [0.2, 0.25) is 17.7 Å². The van der Waals surface area contributed by atoms with Crippen LogP contribution in [-0.4, -0.2) is 71.3 Å². The van der Waals surface area contributed by atoms with Gasteiger partial charge in [0.05, 0.1) is 11.0 Å². The standard InChI is InChI=1S/C26H34F3N7O4/c1-33(15-17-9-11-19(12-10-17)35-13-5-7-20(35)23(30)37)24-21(36(38)39)14-31-25(32-24)34(2)16-18-6-3-4-8-22(18)40-26(27,28)29/h3-4,6,8,14,17,19-20H,5,7,9-13,15-16H2,1-2H3,(H2,30,37)/t17?,19?,20-/m0/s1. The number of nitro groups is 1. The predicted octanol–water partition coefficient (Wildman–Crippen LogP) is 3.86. The van der Waals surface area contributed by atoms with Crippen molar-refractivity contribution in [1.29, 1.82) is 0 Å². The smallest absolute Gasteiger partial charge is 0.405 e. The minimum atomic E-state index is -4.84. The molecule has 14 heteroatoms. The maximum Gasteiger partial charge on any atom is 0.573 e. The highest BCUT2D eigenvalue weighted by atomic mass is 19.4. The number of aromatic nitrogens is 2. The van der Waals surface area contributed by atoms with Crippen LogP contribution in [0.2, 0.25) is 0 Å². The minimum Gasteiger partial charge on any atom is -0.405 e. The first-order valence-electron chi connectivity index (χ1n) is 13.3. The van der Waals surface area contributed by atoms with Gasteiger partial charge >= 0.3 is 12.0 Å². The highest BCUT2D eigenvalue weighted by Crippen LogP contribution is 2.34.